The number of anilines is 2. The Balaban J connectivity index is 1.40. The van der Waals surface area contributed by atoms with E-state index >= 15 is 0 Å². The minimum absolute atomic E-state index is 0.249. The van der Waals surface area contributed by atoms with Gasteiger partial charge in [0.15, 0.2) is 5.69 Å². The normalized spacial score (nSPS) is 14.3. The largest absolute Gasteiger partial charge is 0.322 e. The Morgan fingerprint density at radius 1 is 1.00 bits per heavy atom. The fraction of sp³-hybridized carbons (Fsp3) is 0.250. The van der Waals surface area contributed by atoms with Crippen LogP contribution in [0.3, 0.4) is 0 Å². The SMILES string of the molecule is O=C(Nc1cccc(NC(=O)c2cn(C3CCNCC3)nn2)c1)c1ccncc1. The molecule has 0 spiro atoms. The molecule has 3 aromatic rings. The average Bonchev–Trinajstić information content (AvgIpc) is 3.26. The topological polar surface area (TPSA) is 114 Å². The average molecular weight is 391 g/mol. The molecule has 2 amide bonds. The predicted molar refractivity (Wildman–Crippen MR) is 108 cm³/mol. The van der Waals surface area contributed by atoms with Crippen molar-refractivity contribution in [2.75, 3.05) is 23.7 Å². The molecule has 0 aliphatic carbocycles. The van der Waals surface area contributed by atoms with Gasteiger partial charge in [-0.15, -0.1) is 5.10 Å². The third kappa shape index (κ3) is 4.64. The molecule has 1 aromatic carbocycles. The molecule has 1 aliphatic heterocycles. The first-order chi connectivity index (χ1) is 14.2. The van der Waals surface area contributed by atoms with Crippen molar-refractivity contribution in [1.29, 1.82) is 0 Å². The zero-order valence-electron chi connectivity index (χ0n) is 15.7. The summed E-state index contributed by atoms with van der Waals surface area (Å²) in [4.78, 5) is 28.7. The zero-order chi connectivity index (χ0) is 20.1. The van der Waals surface area contributed by atoms with E-state index in [1.807, 2.05) is 0 Å². The molecule has 9 nitrogen and oxygen atoms in total. The van der Waals surface area contributed by atoms with E-state index in [2.05, 4.69) is 31.2 Å². The van der Waals surface area contributed by atoms with Gasteiger partial charge in [-0.3, -0.25) is 14.6 Å². The van der Waals surface area contributed by atoms with E-state index in [0.29, 0.717) is 16.9 Å². The van der Waals surface area contributed by atoms with Gasteiger partial charge in [0.1, 0.15) is 0 Å². The van der Waals surface area contributed by atoms with E-state index in [0.717, 1.165) is 25.9 Å². The van der Waals surface area contributed by atoms with E-state index in [1.165, 1.54) is 0 Å². The van der Waals surface area contributed by atoms with Gasteiger partial charge in [-0.2, -0.15) is 0 Å². The highest BCUT2D eigenvalue weighted by Gasteiger charge is 2.19. The summed E-state index contributed by atoms with van der Waals surface area (Å²) in [6.07, 6.45) is 6.72. The van der Waals surface area contributed by atoms with Gasteiger partial charge >= 0.3 is 0 Å². The number of hydrogen-bond donors (Lipinski definition) is 3. The molecule has 1 fully saturated rings. The van der Waals surface area contributed by atoms with Gasteiger partial charge in [0.25, 0.3) is 11.8 Å². The number of nitrogens with zero attached hydrogens (tertiary/aromatic N) is 4. The van der Waals surface area contributed by atoms with Gasteiger partial charge in [0, 0.05) is 29.3 Å². The number of amides is 2. The maximum Gasteiger partial charge on any atom is 0.277 e. The smallest absolute Gasteiger partial charge is 0.277 e. The molecular weight excluding hydrogens is 370 g/mol. The molecule has 3 N–H and O–H groups in total. The Morgan fingerprint density at radius 2 is 1.69 bits per heavy atom. The van der Waals surface area contributed by atoms with Crippen molar-refractivity contribution >= 4 is 23.2 Å². The van der Waals surface area contributed by atoms with Crippen LogP contribution < -0.4 is 16.0 Å². The number of aromatic nitrogens is 4. The first-order valence-electron chi connectivity index (χ1n) is 9.44. The molecular formula is C20H21N7O2. The van der Waals surface area contributed by atoms with E-state index in [9.17, 15) is 9.59 Å². The van der Waals surface area contributed by atoms with E-state index in [1.54, 1.807) is 59.7 Å². The van der Waals surface area contributed by atoms with Crippen LogP contribution in [0.15, 0.2) is 55.0 Å². The van der Waals surface area contributed by atoms with Crippen LogP contribution in [0.2, 0.25) is 0 Å². The van der Waals surface area contributed by atoms with Crippen LogP contribution in [0.25, 0.3) is 0 Å². The molecule has 0 bridgehead atoms. The number of carbonyl (C=O) groups is 2. The van der Waals surface area contributed by atoms with Crippen LogP contribution in [0.5, 0.6) is 0 Å². The van der Waals surface area contributed by atoms with Crippen molar-refractivity contribution in [3.05, 3.63) is 66.2 Å². The number of rotatable bonds is 5. The Hall–Kier alpha value is -3.59. The molecule has 2 aromatic heterocycles. The van der Waals surface area contributed by atoms with Crippen molar-refractivity contribution in [2.45, 2.75) is 18.9 Å². The quantitative estimate of drug-likeness (QED) is 0.614. The number of nitrogens with one attached hydrogen (secondary N) is 3. The number of hydrogen-bond acceptors (Lipinski definition) is 6. The minimum atomic E-state index is -0.345. The summed E-state index contributed by atoms with van der Waals surface area (Å²) in [7, 11) is 0. The van der Waals surface area contributed by atoms with Crippen LogP contribution >= 0.6 is 0 Å². The molecule has 0 saturated carbocycles. The molecule has 9 heteroatoms. The highest BCUT2D eigenvalue weighted by Crippen LogP contribution is 2.19. The highest BCUT2D eigenvalue weighted by atomic mass is 16.2. The van der Waals surface area contributed by atoms with E-state index < -0.39 is 0 Å². The second-order valence-electron chi connectivity index (χ2n) is 6.79. The molecule has 0 unspecified atom stereocenters. The molecule has 1 saturated heterocycles. The molecule has 0 radical (unpaired) electrons. The lowest BCUT2D eigenvalue weighted by Crippen LogP contribution is -2.29. The Labute approximate surface area is 167 Å². The first-order valence-corrected chi connectivity index (χ1v) is 9.44. The monoisotopic (exact) mass is 391 g/mol. The molecule has 3 heterocycles. The summed E-state index contributed by atoms with van der Waals surface area (Å²) in [6, 6.07) is 10.5. The van der Waals surface area contributed by atoms with Crippen molar-refractivity contribution in [3.8, 4) is 0 Å². The van der Waals surface area contributed by atoms with Crippen LogP contribution in [0.4, 0.5) is 11.4 Å². The fourth-order valence-electron chi connectivity index (χ4n) is 3.21. The molecule has 0 atom stereocenters. The molecule has 1 aliphatic rings. The van der Waals surface area contributed by atoms with Crippen LogP contribution in [0.1, 0.15) is 39.7 Å². The van der Waals surface area contributed by atoms with E-state index in [-0.39, 0.29) is 23.6 Å². The number of benzene rings is 1. The van der Waals surface area contributed by atoms with E-state index in [4.69, 9.17) is 0 Å². The summed E-state index contributed by atoms with van der Waals surface area (Å²) in [5.74, 6) is -0.594. The summed E-state index contributed by atoms with van der Waals surface area (Å²) >= 11 is 0. The lowest BCUT2D eigenvalue weighted by atomic mass is 10.1. The van der Waals surface area contributed by atoms with Gasteiger partial charge in [0.2, 0.25) is 0 Å². The van der Waals surface area contributed by atoms with Gasteiger partial charge in [-0.05, 0) is 56.3 Å². The lowest BCUT2D eigenvalue weighted by molar-refractivity contribution is 0.101. The van der Waals surface area contributed by atoms with Crippen LogP contribution in [0, 0.1) is 0 Å². The summed E-state index contributed by atoms with van der Waals surface area (Å²) in [5, 5.41) is 17.0. The Bertz CT molecular complexity index is 997. The highest BCUT2D eigenvalue weighted by molar-refractivity contribution is 6.05. The standard InChI is InChI=1S/C20H21N7O2/c28-19(14-4-8-21-9-5-14)23-15-2-1-3-16(12-15)24-20(29)18-13-27(26-25-18)17-6-10-22-11-7-17/h1-5,8-9,12-13,17,22H,6-7,10-11H2,(H,23,28)(H,24,29). The molecule has 4 rings (SSSR count). The van der Waals surface area contributed by atoms with Crippen molar-refractivity contribution < 1.29 is 9.59 Å². The Morgan fingerprint density at radius 3 is 2.41 bits per heavy atom. The Kier molecular flexibility index (Phi) is 5.57. The molecule has 148 valence electrons. The number of piperidine rings is 1. The summed E-state index contributed by atoms with van der Waals surface area (Å²) < 4.78 is 1.76. The van der Waals surface area contributed by atoms with Crippen LogP contribution in [-0.4, -0.2) is 44.9 Å². The second kappa shape index (κ2) is 8.61. The summed E-state index contributed by atoms with van der Waals surface area (Å²) in [5.41, 5.74) is 1.89. The first kappa shape index (κ1) is 18.8. The zero-order valence-corrected chi connectivity index (χ0v) is 15.7. The fourth-order valence-corrected chi connectivity index (χ4v) is 3.21. The van der Waals surface area contributed by atoms with Crippen molar-refractivity contribution in [2.24, 2.45) is 0 Å². The van der Waals surface area contributed by atoms with Gasteiger partial charge in [-0.1, -0.05) is 11.3 Å². The third-order valence-electron chi connectivity index (χ3n) is 4.75. The minimum Gasteiger partial charge on any atom is -0.322 e. The van der Waals surface area contributed by atoms with Gasteiger partial charge in [-0.25, -0.2) is 4.68 Å². The van der Waals surface area contributed by atoms with Crippen LogP contribution in [-0.2, 0) is 0 Å². The number of carbonyl (C=O) groups excluding carboxylic acids is 2. The lowest BCUT2D eigenvalue weighted by Gasteiger charge is -2.22. The maximum atomic E-state index is 12.5. The van der Waals surface area contributed by atoms with Gasteiger partial charge in [0.05, 0.1) is 12.2 Å². The van der Waals surface area contributed by atoms with Crippen molar-refractivity contribution in [1.82, 2.24) is 25.3 Å². The maximum absolute atomic E-state index is 12.5. The molecule has 29 heavy (non-hydrogen) atoms. The predicted octanol–water partition coefficient (Wildman–Crippen LogP) is 2.10. The second-order valence-corrected chi connectivity index (χ2v) is 6.79. The number of pyridine rings is 1. The van der Waals surface area contributed by atoms with Crippen molar-refractivity contribution in [3.63, 3.8) is 0 Å². The third-order valence-corrected chi connectivity index (χ3v) is 4.75. The summed E-state index contributed by atoms with van der Waals surface area (Å²) in [6.45, 7) is 1.87. The van der Waals surface area contributed by atoms with Gasteiger partial charge < -0.3 is 16.0 Å².